The predicted octanol–water partition coefficient (Wildman–Crippen LogP) is 1.35. The molecule has 14 heavy (non-hydrogen) atoms. The zero-order valence-electron chi connectivity index (χ0n) is 8.61. The quantitative estimate of drug-likeness (QED) is 0.655. The Hall–Kier alpha value is -0.410. The molecule has 2 aliphatic carbocycles. The fraction of sp³-hybridized carbons (Fsp3) is 0.909. The predicted molar refractivity (Wildman–Crippen MR) is 51.6 cm³/mol. The van der Waals surface area contributed by atoms with Crippen LogP contribution in [-0.4, -0.2) is 23.8 Å². The number of ketones is 1. The molecule has 2 aliphatic rings. The number of hydrogen-bond donors (Lipinski definition) is 1. The number of Topliss-reactive ketones (excluding diaryl/α,β-unsaturated/α-hetero) is 1. The monoisotopic (exact) mass is 198 g/mol. The maximum absolute atomic E-state index is 11.5. The van der Waals surface area contributed by atoms with Crippen molar-refractivity contribution in [3.05, 3.63) is 0 Å². The Bertz CT molecular complexity index is 217. The zero-order valence-corrected chi connectivity index (χ0v) is 8.61. The van der Waals surface area contributed by atoms with Gasteiger partial charge in [-0.1, -0.05) is 0 Å². The summed E-state index contributed by atoms with van der Waals surface area (Å²) in [5.74, 6) is 2.51. The van der Waals surface area contributed by atoms with Gasteiger partial charge in [0.25, 0.3) is 0 Å². The first kappa shape index (κ1) is 10.1. The average Bonchev–Trinajstić information content (AvgIpc) is 2.48. The van der Waals surface area contributed by atoms with Crippen molar-refractivity contribution in [2.75, 3.05) is 6.61 Å². The fourth-order valence-electron chi connectivity index (χ4n) is 2.60. The normalized spacial score (nSPS) is 35.7. The molecule has 2 saturated carbocycles. The Kier molecular flexibility index (Phi) is 2.88. The topological polar surface area (TPSA) is 46.5 Å². The molecule has 0 amide bonds. The van der Waals surface area contributed by atoms with Crippen LogP contribution < -0.4 is 0 Å². The second-order valence-corrected chi connectivity index (χ2v) is 4.43. The molecule has 3 heteroatoms. The molecule has 0 aliphatic heterocycles. The zero-order chi connectivity index (χ0) is 10.1. The van der Waals surface area contributed by atoms with Gasteiger partial charge in [0, 0.05) is 13.0 Å². The minimum atomic E-state index is -0.885. The standard InChI is InChI=1S/C11H18O3/c1-2-14-11(13)6-7(12)5-10-8-3-4-9(8)10/h8-11,13H,2-6H2,1H3. The van der Waals surface area contributed by atoms with E-state index in [1.54, 1.807) is 0 Å². The number of ether oxygens (including phenoxy) is 1. The lowest BCUT2D eigenvalue weighted by Gasteiger charge is -2.08. The Morgan fingerprint density at radius 1 is 1.50 bits per heavy atom. The van der Waals surface area contributed by atoms with E-state index in [-0.39, 0.29) is 12.2 Å². The van der Waals surface area contributed by atoms with E-state index in [1.807, 2.05) is 6.92 Å². The Labute approximate surface area is 84.4 Å². The van der Waals surface area contributed by atoms with Crippen LogP contribution in [0.4, 0.5) is 0 Å². The van der Waals surface area contributed by atoms with Crippen LogP contribution in [0.15, 0.2) is 0 Å². The molecule has 0 bridgehead atoms. The van der Waals surface area contributed by atoms with Gasteiger partial charge >= 0.3 is 0 Å². The number of carbonyl (C=O) groups excluding carboxylic acids is 1. The van der Waals surface area contributed by atoms with Crippen molar-refractivity contribution in [1.82, 2.24) is 0 Å². The number of rotatable bonds is 6. The maximum atomic E-state index is 11.5. The first-order chi connectivity index (χ1) is 6.72. The summed E-state index contributed by atoms with van der Waals surface area (Å²) >= 11 is 0. The van der Waals surface area contributed by atoms with Crippen LogP contribution in [0, 0.1) is 17.8 Å². The summed E-state index contributed by atoms with van der Waals surface area (Å²) < 4.78 is 4.92. The second kappa shape index (κ2) is 3.99. The highest BCUT2D eigenvalue weighted by Crippen LogP contribution is 2.62. The van der Waals surface area contributed by atoms with E-state index in [2.05, 4.69) is 0 Å². The van der Waals surface area contributed by atoms with Crippen LogP contribution in [0.5, 0.6) is 0 Å². The van der Waals surface area contributed by atoms with Crippen LogP contribution in [0.3, 0.4) is 0 Å². The van der Waals surface area contributed by atoms with Gasteiger partial charge < -0.3 is 9.84 Å². The van der Waals surface area contributed by atoms with E-state index in [9.17, 15) is 9.90 Å². The van der Waals surface area contributed by atoms with Gasteiger partial charge in [0.2, 0.25) is 0 Å². The van der Waals surface area contributed by atoms with Crippen LogP contribution in [0.2, 0.25) is 0 Å². The van der Waals surface area contributed by atoms with Gasteiger partial charge in [-0.25, -0.2) is 0 Å². The number of hydrogen-bond acceptors (Lipinski definition) is 3. The number of fused-ring (bicyclic) bond motifs is 1. The third-order valence-corrected chi connectivity index (χ3v) is 3.57. The van der Waals surface area contributed by atoms with E-state index >= 15 is 0 Å². The Balaban J connectivity index is 1.63. The molecule has 0 aromatic rings. The minimum absolute atomic E-state index is 0.158. The molecule has 3 atom stereocenters. The van der Waals surface area contributed by atoms with Crippen molar-refractivity contribution in [2.45, 2.75) is 38.9 Å². The van der Waals surface area contributed by atoms with Gasteiger partial charge in [0.05, 0.1) is 6.42 Å². The minimum Gasteiger partial charge on any atom is -0.368 e. The molecule has 3 nitrogen and oxygen atoms in total. The van der Waals surface area contributed by atoms with Gasteiger partial charge in [-0.05, 0) is 37.5 Å². The van der Waals surface area contributed by atoms with Gasteiger partial charge in [0.15, 0.2) is 6.29 Å². The van der Waals surface area contributed by atoms with E-state index in [0.717, 1.165) is 11.8 Å². The lowest BCUT2D eigenvalue weighted by atomic mass is 10.0. The molecule has 0 radical (unpaired) electrons. The third-order valence-electron chi connectivity index (χ3n) is 3.57. The molecule has 80 valence electrons. The average molecular weight is 198 g/mol. The van der Waals surface area contributed by atoms with Gasteiger partial charge in [-0.2, -0.15) is 0 Å². The molecule has 1 N–H and O–H groups in total. The molecule has 0 heterocycles. The Morgan fingerprint density at radius 2 is 2.14 bits per heavy atom. The first-order valence-electron chi connectivity index (χ1n) is 5.53. The van der Waals surface area contributed by atoms with Crippen molar-refractivity contribution in [3.8, 4) is 0 Å². The van der Waals surface area contributed by atoms with E-state index in [4.69, 9.17) is 4.74 Å². The lowest BCUT2D eigenvalue weighted by Crippen LogP contribution is -2.17. The smallest absolute Gasteiger partial charge is 0.161 e. The number of aliphatic hydroxyl groups is 1. The van der Waals surface area contributed by atoms with Crippen molar-refractivity contribution < 1.29 is 14.6 Å². The van der Waals surface area contributed by atoms with Crippen LogP contribution in [0.1, 0.15) is 32.6 Å². The molecular weight excluding hydrogens is 180 g/mol. The summed E-state index contributed by atoms with van der Waals surface area (Å²) in [6.07, 6.45) is 2.58. The summed E-state index contributed by atoms with van der Waals surface area (Å²) in [6.45, 7) is 2.28. The van der Waals surface area contributed by atoms with Gasteiger partial charge in [0.1, 0.15) is 5.78 Å². The molecule has 0 aromatic carbocycles. The van der Waals surface area contributed by atoms with Crippen molar-refractivity contribution >= 4 is 5.78 Å². The van der Waals surface area contributed by atoms with Crippen molar-refractivity contribution in [1.29, 1.82) is 0 Å². The molecule has 0 spiro atoms. The summed E-state index contributed by atoms with van der Waals surface area (Å²) in [6, 6.07) is 0. The molecule has 0 saturated heterocycles. The first-order valence-corrected chi connectivity index (χ1v) is 5.53. The highest BCUT2D eigenvalue weighted by atomic mass is 16.6. The highest BCUT2D eigenvalue weighted by molar-refractivity contribution is 5.79. The summed E-state index contributed by atoms with van der Waals surface area (Å²) in [5.41, 5.74) is 0. The number of carbonyl (C=O) groups is 1. The molecule has 0 aromatic heterocycles. The molecular formula is C11H18O3. The third kappa shape index (κ3) is 1.98. The van der Waals surface area contributed by atoms with Crippen molar-refractivity contribution in [2.24, 2.45) is 17.8 Å². The van der Waals surface area contributed by atoms with E-state index < -0.39 is 6.29 Å². The van der Waals surface area contributed by atoms with Crippen LogP contribution in [-0.2, 0) is 9.53 Å². The summed E-state index contributed by atoms with van der Waals surface area (Å²) in [7, 11) is 0. The van der Waals surface area contributed by atoms with Crippen LogP contribution in [0.25, 0.3) is 0 Å². The molecule has 3 unspecified atom stereocenters. The number of aliphatic hydroxyl groups excluding tert-OH is 1. The Morgan fingerprint density at radius 3 is 2.64 bits per heavy atom. The van der Waals surface area contributed by atoms with E-state index in [0.29, 0.717) is 18.9 Å². The fourth-order valence-corrected chi connectivity index (χ4v) is 2.60. The SMILES string of the molecule is CCOC(O)CC(=O)CC1C2CCC21. The highest BCUT2D eigenvalue weighted by Gasteiger charge is 2.56. The van der Waals surface area contributed by atoms with Crippen molar-refractivity contribution in [3.63, 3.8) is 0 Å². The van der Waals surface area contributed by atoms with Gasteiger partial charge in [-0.3, -0.25) is 4.79 Å². The van der Waals surface area contributed by atoms with E-state index in [1.165, 1.54) is 12.8 Å². The summed E-state index contributed by atoms with van der Waals surface area (Å²) in [4.78, 5) is 11.5. The largest absolute Gasteiger partial charge is 0.368 e. The lowest BCUT2D eigenvalue weighted by molar-refractivity contribution is -0.135. The van der Waals surface area contributed by atoms with Gasteiger partial charge in [-0.15, -0.1) is 0 Å². The molecule has 2 fully saturated rings. The molecule has 2 rings (SSSR count). The second-order valence-electron chi connectivity index (χ2n) is 4.43. The maximum Gasteiger partial charge on any atom is 0.161 e. The van der Waals surface area contributed by atoms with Crippen LogP contribution >= 0.6 is 0 Å². The summed E-state index contributed by atoms with van der Waals surface area (Å²) in [5, 5.41) is 9.26.